The summed E-state index contributed by atoms with van der Waals surface area (Å²) in [4.78, 5) is 11.9. The molecule has 0 aliphatic rings. The van der Waals surface area contributed by atoms with Gasteiger partial charge in [-0.05, 0) is 48.9 Å². The molecule has 1 amide bonds. The first kappa shape index (κ1) is 22.4. The molecule has 0 aliphatic carbocycles. The number of ether oxygens (including phenoxy) is 1. The number of rotatable bonds is 8. The minimum atomic E-state index is -3.76. The third kappa shape index (κ3) is 6.09. The van der Waals surface area contributed by atoms with E-state index in [-0.39, 0.29) is 16.3 Å². The van der Waals surface area contributed by atoms with Crippen molar-refractivity contribution in [3.63, 3.8) is 0 Å². The monoisotopic (exact) mass is 446 g/mol. The summed E-state index contributed by atoms with van der Waals surface area (Å²) in [6.45, 7) is 1.30. The maximum absolute atomic E-state index is 13.6. The van der Waals surface area contributed by atoms with E-state index < -0.39 is 40.2 Å². The third-order valence-electron chi connectivity index (χ3n) is 4.34. The number of hydrogen-bond acceptors (Lipinski definition) is 4. The molecule has 2 N–H and O–H groups in total. The van der Waals surface area contributed by atoms with Crippen LogP contribution in [0.1, 0.15) is 18.5 Å². The molecular formula is C22H20F2N2O4S. The second kappa shape index (κ2) is 9.67. The highest BCUT2D eigenvalue weighted by atomic mass is 32.2. The average molecular weight is 446 g/mol. The molecule has 0 fully saturated rings. The number of nitrogens with one attached hydrogen (secondary N) is 2. The Morgan fingerprint density at radius 2 is 1.68 bits per heavy atom. The first-order valence-electron chi connectivity index (χ1n) is 9.29. The molecule has 0 saturated heterocycles. The van der Waals surface area contributed by atoms with Crippen LogP contribution in [0.3, 0.4) is 0 Å². The molecule has 0 radical (unpaired) electrons. The third-order valence-corrected chi connectivity index (χ3v) is 5.90. The lowest BCUT2D eigenvalue weighted by Gasteiger charge is -2.15. The highest BCUT2D eigenvalue weighted by molar-refractivity contribution is 7.89. The van der Waals surface area contributed by atoms with Crippen LogP contribution in [0.25, 0.3) is 0 Å². The van der Waals surface area contributed by atoms with Crippen molar-refractivity contribution in [2.24, 2.45) is 0 Å². The predicted molar refractivity (Wildman–Crippen MR) is 112 cm³/mol. The molecule has 3 aromatic rings. The summed E-state index contributed by atoms with van der Waals surface area (Å²) in [5, 5.41) is 2.27. The number of carbonyl (C=O) groups excluding carboxylic acids is 1. The van der Waals surface area contributed by atoms with E-state index in [1.165, 1.54) is 24.3 Å². The Labute approximate surface area is 178 Å². The minimum Gasteiger partial charge on any atom is -0.484 e. The minimum absolute atomic E-state index is 0.0421. The second-order valence-corrected chi connectivity index (χ2v) is 8.40. The molecule has 9 heteroatoms. The summed E-state index contributed by atoms with van der Waals surface area (Å²) >= 11 is 0. The average Bonchev–Trinajstić information content (AvgIpc) is 2.75. The van der Waals surface area contributed by atoms with E-state index in [9.17, 15) is 22.0 Å². The van der Waals surface area contributed by atoms with E-state index in [1.54, 1.807) is 6.92 Å². The van der Waals surface area contributed by atoms with Crippen LogP contribution in [-0.2, 0) is 14.8 Å². The van der Waals surface area contributed by atoms with Crippen molar-refractivity contribution in [3.05, 3.63) is 90.0 Å². The highest BCUT2D eigenvalue weighted by Gasteiger charge is 2.18. The quantitative estimate of drug-likeness (QED) is 0.547. The normalized spacial score (nSPS) is 12.2. The Kier molecular flexibility index (Phi) is 6.98. The largest absolute Gasteiger partial charge is 0.484 e. The first-order valence-corrected chi connectivity index (χ1v) is 10.8. The lowest BCUT2D eigenvalue weighted by molar-refractivity contribution is -0.118. The van der Waals surface area contributed by atoms with Crippen LogP contribution < -0.4 is 14.8 Å². The van der Waals surface area contributed by atoms with Gasteiger partial charge >= 0.3 is 0 Å². The maximum atomic E-state index is 13.6. The van der Waals surface area contributed by atoms with Crippen LogP contribution in [0.4, 0.5) is 14.5 Å². The zero-order valence-corrected chi connectivity index (χ0v) is 17.3. The summed E-state index contributed by atoms with van der Waals surface area (Å²) in [5.41, 5.74) is 0.657. The van der Waals surface area contributed by atoms with Gasteiger partial charge in [-0.1, -0.05) is 30.3 Å². The molecule has 162 valence electrons. The number of sulfonamides is 1. The van der Waals surface area contributed by atoms with Crippen molar-refractivity contribution in [1.29, 1.82) is 0 Å². The van der Waals surface area contributed by atoms with E-state index >= 15 is 0 Å². The Bertz CT molecular complexity index is 1150. The molecule has 0 aliphatic heterocycles. The molecular weight excluding hydrogens is 426 g/mol. The molecule has 0 bridgehead atoms. The fourth-order valence-electron chi connectivity index (χ4n) is 2.75. The van der Waals surface area contributed by atoms with E-state index in [2.05, 4.69) is 10.0 Å². The van der Waals surface area contributed by atoms with Crippen molar-refractivity contribution in [2.75, 3.05) is 11.9 Å². The van der Waals surface area contributed by atoms with Gasteiger partial charge in [-0.2, -0.15) is 0 Å². The molecule has 0 unspecified atom stereocenters. The number of hydrogen-bond donors (Lipinski definition) is 2. The summed E-state index contributed by atoms with van der Waals surface area (Å²) in [7, 11) is -3.76. The number of carbonyl (C=O) groups is 1. The maximum Gasteiger partial charge on any atom is 0.262 e. The Balaban J connectivity index is 1.57. The zero-order chi connectivity index (χ0) is 22.4. The Hall–Kier alpha value is -3.30. The SMILES string of the molecule is C[C@@H](NS(=O)(=O)c1ccc(OCC(=O)Nc2ccc(F)cc2F)cc1)c1ccccc1. The molecule has 1 atom stereocenters. The summed E-state index contributed by atoms with van der Waals surface area (Å²) in [6.07, 6.45) is 0. The van der Waals surface area contributed by atoms with Gasteiger partial charge in [-0.15, -0.1) is 0 Å². The predicted octanol–water partition coefficient (Wildman–Crippen LogP) is 4.02. The zero-order valence-electron chi connectivity index (χ0n) is 16.5. The van der Waals surface area contributed by atoms with Gasteiger partial charge in [-0.3, -0.25) is 4.79 Å². The van der Waals surface area contributed by atoms with E-state index in [0.29, 0.717) is 6.07 Å². The van der Waals surface area contributed by atoms with Gasteiger partial charge in [0.1, 0.15) is 17.4 Å². The lowest BCUT2D eigenvalue weighted by atomic mass is 10.1. The smallest absolute Gasteiger partial charge is 0.262 e. The number of benzene rings is 3. The van der Waals surface area contributed by atoms with Crippen molar-refractivity contribution in [3.8, 4) is 5.75 Å². The molecule has 0 spiro atoms. The van der Waals surface area contributed by atoms with Gasteiger partial charge in [0.15, 0.2) is 6.61 Å². The fraction of sp³-hybridized carbons (Fsp3) is 0.136. The molecule has 6 nitrogen and oxygen atoms in total. The number of halogens is 2. The van der Waals surface area contributed by atoms with E-state index in [4.69, 9.17) is 4.74 Å². The van der Waals surface area contributed by atoms with Gasteiger partial charge in [0.2, 0.25) is 10.0 Å². The van der Waals surface area contributed by atoms with Crippen LogP contribution in [0.2, 0.25) is 0 Å². The molecule has 0 heterocycles. The van der Waals surface area contributed by atoms with Crippen molar-refractivity contribution < 1.29 is 26.7 Å². The van der Waals surface area contributed by atoms with Crippen LogP contribution in [0.5, 0.6) is 5.75 Å². The van der Waals surface area contributed by atoms with Gasteiger partial charge in [0.25, 0.3) is 5.91 Å². The topological polar surface area (TPSA) is 84.5 Å². The van der Waals surface area contributed by atoms with Crippen molar-refractivity contribution in [2.45, 2.75) is 17.9 Å². The molecule has 3 rings (SSSR count). The standard InChI is InChI=1S/C22H20F2N2O4S/c1-15(16-5-3-2-4-6-16)26-31(28,29)19-10-8-18(9-11-19)30-14-22(27)25-21-12-7-17(23)13-20(21)24/h2-13,15,26H,14H2,1H3,(H,25,27)/t15-/m1/s1. The summed E-state index contributed by atoms with van der Waals surface area (Å²) < 4.78 is 59.5. The van der Waals surface area contributed by atoms with Gasteiger partial charge in [0.05, 0.1) is 10.6 Å². The van der Waals surface area contributed by atoms with Gasteiger partial charge < -0.3 is 10.1 Å². The van der Waals surface area contributed by atoms with Crippen LogP contribution in [0.15, 0.2) is 77.7 Å². The van der Waals surface area contributed by atoms with Crippen LogP contribution >= 0.6 is 0 Å². The van der Waals surface area contributed by atoms with Crippen molar-refractivity contribution in [1.82, 2.24) is 4.72 Å². The summed E-state index contributed by atoms with van der Waals surface area (Å²) in [5.74, 6) is -2.06. The fourth-order valence-corrected chi connectivity index (χ4v) is 3.98. The Morgan fingerprint density at radius 1 is 1.00 bits per heavy atom. The molecule has 0 saturated carbocycles. The van der Waals surface area contributed by atoms with E-state index in [1.807, 2.05) is 30.3 Å². The van der Waals surface area contributed by atoms with E-state index in [0.717, 1.165) is 17.7 Å². The number of anilines is 1. The lowest BCUT2D eigenvalue weighted by Crippen LogP contribution is -2.26. The molecule has 0 aromatic heterocycles. The van der Waals surface area contributed by atoms with Crippen LogP contribution in [-0.4, -0.2) is 20.9 Å². The van der Waals surface area contributed by atoms with Gasteiger partial charge in [0, 0.05) is 12.1 Å². The first-order chi connectivity index (χ1) is 14.7. The number of amides is 1. The highest BCUT2D eigenvalue weighted by Crippen LogP contribution is 2.20. The second-order valence-electron chi connectivity index (χ2n) is 6.69. The van der Waals surface area contributed by atoms with Crippen LogP contribution in [0, 0.1) is 11.6 Å². The molecule has 31 heavy (non-hydrogen) atoms. The van der Waals surface area contributed by atoms with Gasteiger partial charge in [-0.25, -0.2) is 21.9 Å². The molecule has 3 aromatic carbocycles. The Morgan fingerprint density at radius 3 is 2.32 bits per heavy atom. The van der Waals surface area contributed by atoms with Crippen molar-refractivity contribution >= 4 is 21.6 Å². The summed E-state index contributed by atoms with van der Waals surface area (Å²) in [6, 6.07) is 17.0.